The van der Waals surface area contributed by atoms with Crippen molar-refractivity contribution in [1.82, 2.24) is 9.47 Å². The van der Waals surface area contributed by atoms with E-state index in [1.807, 2.05) is 16.8 Å². The van der Waals surface area contributed by atoms with E-state index in [1.165, 1.54) is 12.8 Å². The van der Waals surface area contributed by atoms with E-state index < -0.39 is 0 Å². The van der Waals surface area contributed by atoms with Gasteiger partial charge in [-0.2, -0.15) is 0 Å². The summed E-state index contributed by atoms with van der Waals surface area (Å²) in [6, 6.07) is 2.36. The van der Waals surface area contributed by atoms with Crippen LogP contribution in [0.25, 0.3) is 0 Å². The Labute approximate surface area is 124 Å². The maximum absolute atomic E-state index is 12.8. The summed E-state index contributed by atoms with van der Waals surface area (Å²) in [7, 11) is 0. The molecule has 1 saturated heterocycles. The van der Waals surface area contributed by atoms with Crippen molar-refractivity contribution in [2.75, 3.05) is 6.54 Å². The number of aromatic nitrogens is 1. The van der Waals surface area contributed by atoms with Gasteiger partial charge in [-0.25, -0.2) is 0 Å². The third kappa shape index (κ3) is 3.22. The first kappa shape index (κ1) is 14.6. The van der Waals surface area contributed by atoms with Crippen LogP contribution in [-0.2, 0) is 6.54 Å². The summed E-state index contributed by atoms with van der Waals surface area (Å²) in [5.74, 6) is 0.196. The van der Waals surface area contributed by atoms with Crippen LogP contribution in [0.5, 0.6) is 0 Å². The molecule has 1 fully saturated rings. The van der Waals surface area contributed by atoms with E-state index in [2.05, 4.69) is 34.7 Å². The second-order valence-corrected chi connectivity index (χ2v) is 6.16. The molecular weight excluding hydrogens is 304 g/mol. The van der Waals surface area contributed by atoms with Gasteiger partial charge in [0.15, 0.2) is 0 Å². The second-order valence-electron chi connectivity index (χ2n) is 5.24. The smallest absolute Gasteiger partial charge is 0.270 e. The van der Waals surface area contributed by atoms with Crippen molar-refractivity contribution in [3.8, 4) is 0 Å². The van der Waals surface area contributed by atoms with Crippen molar-refractivity contribution < 1.29 is 4.79 Å². The molecule has 0 aliphatic carbocycles. The first-order valence-electron chi connectivity index (χ1n) is 7.34. The predicted octanol–water partition coefficient (Wildman–Crippen LogP) is 4.07. The quantitative estimate of drug-likeness (QED) is 0.822. The molecule has 4 heteroatoms. The first-order valence-corrected chi connectivity index (χ1v) is 8.13. The van der Waals surface area contributed by atoms with Gasteiger partial charge in [-0.05, 0) is 48.2 Å². The number of nitrogens with zero attached hydrogens (tertiary/aromatic N) is 2. The Kier molecular flexibility index (Phi) is 5.08. The van der Waals surface area contributed by atoms with Gasteiger partial charge >= 0.3 is 0 Å². The summed E-state index contributed by atoms with van der Waals surface area (Å²) in [5.41, 5.74) is 0.815. The van der Waals surface area contributed by atoms with Crippen LogP contribution in [0.4, 0.5) is 0 Å². The zero-order chi connectivity index (χ0) is 13.8. The maximum Gasteiger partial charge on any atom is 0.270 e. The molecule has 2 heterocycles. The SMILES string of the molecule is CCC1CCCCCN1C(=O)c1cc(Br)cn1CC. The fourth-order valence-corrected chi connectivity index (χ4v) is 3.40. The molecule has 1 aliphatic rings. The number of likely N-dealkylation sites (tertiary alicyclic amines) is 1. The molecule has 1 aromatic heterocycles. The molecule has 19 heavy (non-hydrogen) atoms. The van der Waals surface area contributed by atoms with E-state index in [9.17, 15) is 4.79 Å². The van der Waals surface area contributed by atoms with Gasteiger partial charge in [0.25, 0.3) is 5.91 Å². The van der Waals surface area contributed by atoms with Gasteiger partial charge in [-0.1, -0.05) is 19.8 Å². The summed E-state index contributed by atoms with van der Waals surface area (Å²) in [6.07, 6.45) is 7.83. The molecule has 1 amide bonds. The number of amides is 1. The van der Waals surface area contributed by atoms with Crippen LogP contribution in [0.3, 0.4) is 0 Å². The highest BCUT2D eigenvalue weighted by Gasteiger charge is 2.26. The largest absolute Gasteiger partial charge is 0.343 e. The normalized spacial score (nSPS) is 20.4. The average molecular weight is 327 g/mol. The summed E-state index contributed by atoms with van der Waals surface area (Å²) in [4.78, 5) is 14.9. The Morgan fingerprint density at radius 2 is 2.16 bits per heavy atom. The number of hydrogen-bond acceptors (Lipinski definition) is 1. The van der Waals surface area contributed by atoms with Gasteiger partial charge in [0, 0.05) is 29.8 Å². The molecule has 0 bridgehead atoms. The van der Waals surface area contributed by atoms with Gasteiger partial charge in [0.05, 0.1) is 0 Å². The molecule has 0 aromatic carbocycles. The number of aryl methyl sites for hydroxylation is 1. The fourth-order valence-electron chi connectivity index (χ4n) is 2.93. The van der Waals surface area contributed by atoms with Crippen LogP contribution in [0, 0.1) is 0 Å². The number of carbonyl (C=O) groups is 1. The first-order chi connectivity index (χ1) is 9.17. The van der Waals surface area contributed by atoms with E-state index in [-0.39, 0.29) is 5.91 Å². The molecular formula is C15H23BrN2O. The molecule has 1 aromatic rings. The summed E-state index contributed by atoms with van der Waals surface area (Å²) < 4.78 is 3.02. The lowest BCUT2D eigenvalue weighted by Crippen LogP contribution is -2.40. The number of halogens is 1. The third-order valence-electron chi connectivity index (χ3n) is 4.03. The molecule has 106 valence electrons. The molecule has 0 spiro atoms. The van der Waals surface area contributed by atoms with Crippen LogP contribution in [0.1, 0.15) is 56.4 Å². The fraction of sp³-hybridized carbons (Fsp3) is 0.667. The summed E-state index contributed by atoms with van der Waals surface area (Å²) in [6.45, 7) is 6.00. The van der Waals surface area contributed by atoms with E-state index in [4.69, 9.17) is 0 Å². The predicted molar refractivity (Wildman–Crippen MR) is 81.4 cm³/mol. The van der Waals surface area contributed by atoms with Crippen molar-refractivity contribution in [3.63, 3.8) is 0 Å². The number of carbonyl (C=O) groups excluding carboxylic acids is 1. The highest BCUT2D eigenvalue weighted by molar-refractivity contribution is 9.10. The Morgan fingerprint density at radius 1 is 1.37 bits per heavy atom. The monoisotopic (exact) mass is 326 g/mol. The Balaban J connectivity index is 2.24. The number of hydrogen-bond donors (Lipinski definition) is 0. The molecule has 0 radical (unpaired) electrons. The van der Waals surface area contributed by atoms with Crippen molar-refractivity contribution >= 4 is 21.8 Å². The van der Waals surface area contributed by atoms with E-state index >= 15 is 0 Å². The van der Waals surface area contributed by atoms with Gasteiger partial charge in [-0.15, -0.1) is 0 Å². The third-order valence-corrected chi connectivity index (χ3v) is 4.47. The minimum absolute atomic E-state index is 0.196. The standard InChI is InChI=1S/C15H23BrN2O/c1-3-13-8-6-5-7-9-18(13)15(19)14-10-12(16)11-17(14)4-2/h10-11,13H,3-9H2,1-2H3. The van der Waals surface area contributed by atoms with Gasteiger partial charge in [0.1, 0.15) is 5.69 Å². The van der Waals surface area contributed by atoms with Crippen molar-refractivity contribution in [2.45, 2.75) is 58.5 Å². The van der Waals surface area contributed by atoms with E-state index in [0.29, 0.717) is 6.04 Å². The molecule has 1 aliphatic heterocycles. The van der Waals surface area contributed by atoms with Crippen LogP contribution >= 0.6 is 15.9 Å². The van der Waals surface area contributed by atoms with Gasteiger partial charge in [-0.3, -0.25) is 4.79 Å². The molecule has 2 rings (SSSR count). The van der Waals surface area contributed by atoms with E-state index in [1.54, 1.807) is 0 Å². The maximum atomic E-state index is 12.8. The van der Waals surface area contributed by atoms with Crippen LogP contribution < -0.4 is 0 Å². The van der Waals surface area contributed by atoms with Crippen LogP contribution in [0.15, 0.2) is 16.7 Å². The van der Waals surface area contributed by atoms with Crippen molar-refractivity contribution in [2.24, 2.45) is 0 Å². The molecule has 0 N–H and O–H groups in total. The number of rotatable bonds is 3. The lowest BCUT2D eigenvalue weighted by atomic mass is 10.1. The zero-order valence-corrected chi connectivity index (χ0v) is 13.4. The van der Waals surface area contributed by atoms with Gasteiger partial charge < -0.3 is 9.47 Å². The molecule has 3 nitrogen and oxygen atoms in total. The van der Waals surface area contributed by atoms with E-state index in [0.717, 1.165) is 42.5 Å². The topological polar surface area (TPSA) is 25.2 Å². The average Bonchev–Trinajstić information content (AvgIpc) is 2.64. The van der Waals surface area contributed by atoms with Crippen LogP contribution in [-0.4, -0.2) is 28.0 Å². The Hall–Kier alpha value is -0.770. The molecule has 0 saturated carbocycles. The minimum Gasteiger partial charge on any atom is -0.343 e. The summed E-state index contributed by atoms with van der Waals surface area (Å²) in [5, 5.41) is 0. The minimum atomic E-state index is 0.196. The molecule has 1 atom stereocenters. The highest BCUT2D eigenvalue weighted by atomic mass is 79.9. The second kappa shape index (κ2) is 6.60. The lowest BCUT2D eigenvalue weighted by Gasteiger charge is -2.29. The summed E-state index contributed by atoms with van der Waals surface area (Å²) >= 11 is 3.47. The zero-order valence-electron chi connectivity index (χ0n) is 11.9. The highest BCUT2D eigenvalue weighted by Crippen LogP contribution is 2.23. The lowest BCUT2D eigenvalue weighted by molar-refractivity contribution is 0.0667. The van der Waals surface area contributed by atoms with Crippen LogP contribution in [0.2, 0.25) is 0 Å². The Bertz CT molecular complexity index is 441. The van der Waals surface area contributed by atoms with Crippen molar-refractivity contribution in [3.05, 3.63) is 22.4 Å². The molecule has 1 unspecified atom stereocenters. The van der Waals surface area contributed by atoms with Crippen molar-refractivity contribution in [1.29, 1.82) is 0 Å². The van der Waals surface area contributed by atoms with Gasteiger partial charge in [0.2, 0.25) is 0 Å². The Morgan fingerprint density at radius 3 is 2.84 bits per heavy atom.